The molecule has 2 aromatic heterocycles. The second-order valence-corrected chi connectivity index (χ2v) is 11.5. The molecule has 43 heavy (non-hydrogen) atoms. The van der Waals surface area contributed by atoms with Crippen LogP contribution >= 0.6 is 11.3 Å². The number of hydrogen-bond donors (Lipinski definition) is 3. The van der Waals surface area contributed by atoms with Gasteiger partial charge in [0.2, 0.25) is 0 Å². The van der Waals surface area contributed by atoms with Crippen molar-refractivity contribution >= 4 is 56.5 Å². The van der Waals surface area contributed by atoms with Crippen molar-refractivity contribution in [2.45, 2.75) is 31.9 Å². The molecule has 2 aliphatic rings. The summed E-state index contributed by atoms with van der Waals surface area (Å²) in [6.45, 7) is 2.60. The molecule has 12 heteroatoms. The normalized spacial score (nSPS) is 17.0. The van der Waals surface area contributed by atoms with Crippen molar-refractivity contribution in [2.75, 3.05) is 37.0 Å². The molecule has 0 spiro atoms. The number of nitrogens with one attached hydrogen (secondary N) is 2. The smallest absolute Gasteiger partial charge is 0.331 e. The molecule has 3 N–H and O–H groups in total. The van der Waals surface area contributed by atoms with Crippen LogP contribution < -0.4 is 20.3 Å². The number of methoxy groups -OCH3 is 1. The lowest BCUT2D eigenvalue weighted by Crippen LogP contribution is -2.52. The molecule has 222 valence electrons. The number of rotatable bonds is 8. The van der Waals surface area contributed by atoms with Crippen molar-refractivity contribution in [2.24, 2.45) is 0 Å². The number of anilines is 3. The predicted molar refractivity (Wildman–Crippen MR) is 163 cm³/mol. The number of ether oxygens (including phenoxy) is 2. The fourth-order valence-electron chi connectivity index (χ4n) is 5.54. The highest BCUT2D eigenvalue weighted by Crippen LogP contribution is 2.46. The topological polar surface area (TPSA) is 133 Å². The van der Waals surface area contributed by atoms with Crippen LogP contribution in [0.3, 0.4) is 0 Å². The summed E-state index contributed by atoms with van der Waals surface area (Å²) in [5, 5.41) is 16.7. The summed E-state index contributed by atoms with van der Waals surface area (Å²) in [4.78, 5) is 48.3. The first-order valence-electron chi connectivity index (χ1n) is 14.0. The Hall–Kier alpha value is -4.52. The van der Waals surface area contributed by atoms with Crippen LogP contribution in [-0.4, -0.2) is 71.8 Å². The Kier molecular flexibility index (Phi) is 7.98. The van der Waals surface area contributed by atoms with Crippen LogP contribution in [-0.2, 0) is 9.53 Å². The number of benzene rings is 2. The highest BCUT2D eigenvalue weighted by atomic mass is 32.1. The molecular weight excluding hydrogens is 570 g/mol. The number of amides is 4. The largest absolute Gasteiger partial charge is 0.457 e. The van der Waals surface area contributed by atoms with E-state index in [0.717, 1.165) is 5.56 Å². The fraction of sp³-hybridized carbons (Fsp3) is 0.290. The molecule has 11 nitrogen and oxygen atoms in total. The number of pyridine rings is 1. The van der Waals surface area contributed by atoms with Gasteiger partial charge in [0.25, 0.3) is 11.8 Å². The van der Waals surface area contributed by atoms with Gasteiger partial charge in [0.05, 0.1) is 29.1 Å². The number of aliphatic hydroxyl groups is 1. The maximum absolute atomic E-state index is 13.6. The molecule has 4 heterocycles. The van der Waals surface area contributed by atoms with E-state index >= 15 is 0 Å². The lowest BCUT2D eigenvalue weighted by molar-refractivity contribution is -0.144. The third kappa shape index (κ3) is 5.64. The van der Waals surface area contributed by atoms with Gasteiger partial charge in [-0.15, -0.1) is 11.3 Å². The van der Waals surface area contributed by atoms with Crippen LogP contribution in [0.4, 0.5) is 21.9 Å². The van der Waals surface area contributed by atoms with E-state index in [4.69, 9.17) is 9.47 Å². The lowest BCUT2D eigenvalue weighted by atomic mass is 10.0. The first-order valence-corrected chi connectivity index (χ1v) is 14.8. The molecule has 0 bridgehead atoms. The number of thiophene rings is 1. The van der Waals surface area contributed by atoms with Crippen molar-refractivity contribution in [3.63, 3.8) is 0 Å². The lowest BCUT2D eigenvalue weighted by Gasteiger charge is -2.34. The van der Waals surface area contributed by atoms with Crippen LogP contribution in [0.1, 0.15) is 28.1 Å². The number of aryl methyl sites for hydroxylation is 1. The summed E-state index contributed by atoms with van der Waals surface area (Å²) >= 11 is 1.20. The van der Waals surface area contributed by atoms with Crippen molar-refractivity contribution in [1.82, 2.24) is 15.2 Å². The third-order valence-corrected chi connectivity index (χ3v) is 8.61. The number of likely N-dealkylation sites (tertiary alicyclic amines) is 1. The molecule has 1 fully saturated rings. The van der Waals surface area contributed by atoms with Gasteiger partial charge in [-0.2, -0.15) is 0 Å². The van der Waals surface area contributed by atoms with E-state index in [1.165, 1.54) is 18.4 Å². The van der Waals surface area contributed by atoms with E-state index in [1.807, 2.05) is 55.5 Å². The number of piperidine rings is 1. The molecule has 4 aromatic rings. The molecule has 2 unspecified atom stereocenters. The van der Waals surface area contributed by atoms with E-state index in [9.17, 15) is 19.5 Å². The standard InChI is InChI=1S/C31H31N5O6S/c1-18-15-21(42-20-8-4-3-5-9-20)10-11-22(18)36-23-12-13-32-29-25(23)26(34-31(36)40)27(43-29)28(38)33-19-7-6-14-35(16-19)30(39)24(37)17-41-2/h3-5,8-13,15,19,24,37H,6-7,14,16-17H2,1-2H3,(H,33,38)(H,34,40). The van der Waals surface area contributed by atoms with Crippen molar-refractivity contribution in [3.8, 4) is 11.5 Å². The molecule has 4 amide bonds. The Bertz CT molecular complexity index is 1690. The summed E-state index contributed by atoms with van der Waals surface area (Å²) in [7, 11) is 1.42. The molecule has 0 radical (unpaired) electrons. The van der Waals surface area contributed by atoms with Crippen LogP contribution in [0.25, 0.3) is 10.2 Å². The number of urea groups is 1. The minimum atomic E-state index is -1.25. The number of aliphatic hydroxyl groups excluding tert-OH is 1. The van der Waals surface area contributed by atoms with E-state index in [-0.39, 0.29) is 25.1 Å². The second kappa shape index (κ2) is 12.0. The molecule has 1 saturated heterocycles. The zero-order valence-electron chi connectivity index (χ0n) is 23.7. The third-order valence-electron chi connectivity index (χ3n) is 7.52. The Morgan fingerprint density at radius 2 is 1.98 bits per heavy atom. The van der Waals surface area contributed by atoms with Crippen molar-refractivity contribution in [3.05, 3.63) is 71.2 Å². The number of para-hydroxylation sites is 1. The highest BCUT2D eigenvalue weighted by molar-refractivity contribution is 7.21. The highest BCUT2D eigenvalue weighted by Gasteiger charge is 2.35. The number of aromatic nitrogens is 1. The average molecular weight is 602 g/mol. The number of carbonyl (C=O) groups excluding carboxylic acids is 3. The second-order valence-electron chi connectivity index (χ2n) is 10.5. The van der Waals surface area contributed by atoms with Gasteiger partial charge in [-0.1, -0.05) is 18.2 Å². The SMILES string of the molecule is COCC(O)C(=O)N1CCCC(NC(=O)c2sc3nccc4c3c2NC(=O)N4c2ccc(Oc3ccccc3)cc2C)C1. The summed E-state index contributed by atoms with van der Waals surface area (Å²) in [6, 6.07) is 16.1. The Labute approximate surface area is 252 Å². The fourth-order valence-corrected chi connectivity index (χ4v) is 6.56. The zero-order valence-corrected chi connectivity index (χ0v) is 24.5. The van der Waals surface area contributed by atoms with Crippen LogP contribution in [0.5, 0.6) is 11.5 Å². The van der Waals surface area contributed by atoms with Gasteiger partial charge in [0.15, 0.2) is 6.10 Å². The number of hydrogen-bond acceptors (Lipinski definition) is 8. The minimum Gasteiger partial charge on any atom is -0.457 e. The Balaban J connectivity index is 1.25. The first-order chi connectivity index (χ1) is 20.8. The van der Waals surface area contributed by atoms with E-state index in [0.29, 0.717) is 63.0 Å². The van der Waals surface area contributed by atoms with Crippen molar-refractivity contribution < 1.29 is 29.0 Å². The van der Waals surface area contributed by atoms with Crippen LogP contribution in [0.2, 0.25) is 0 Å². The van der Waals surface area contributed by atoms with Gasteiger partial charge >= 0.3 is 6.03 Å². The first kappa shape index (κ1) is 28.6. The van der Waals surface area contributed by atoms with Gasteiger partial charge in [0, 0.05) is 32.4 Å². The quantitative estimate of drug-likeness (QED) is 0.264. The zero-order chi connectivity index (χ0) is 30.1. The Morgan fingerprint density at radius 1 is 1.16 bits per heavy atom. The Morgan fingerprint density at radius 3 is 2.74 bits per heavy atom. The molecule has 2 atom stereocenters. The molecule has 6 rings (SSSR count). The van der Waals surface area contributed by atoms with Crippen molar-refractivity contribution in [1.29, 1.82) is 0 Å². The molecule has 2 aliphatic heterocycles. The van der Waals surface area contributed by atoms with Gasteiger partial charge in [-0.25, -0.2) is 9.78 Å². The molecule has 0 aliphatic carbocycles. The summed E-state index contributed by atoms with van der Waals surface area (Å²) in [5.74, 6) is 0.587. The summed E-state index contributed by atoms with van der Waals surface area (Å²) in [6.07, 6.45) is 1.75. The maximum Gasteiger partial charge on any atom is 0.331 e. The van der Waals surface area contributed by atoms with Crippen LogP contribution in [0.15, 0.2) is 60.8 Å². The number of carbonyl (C=O) groups is 3. The van der Waals surface area contributed by atoms with E-state index in [2.05, 4.69) is 15.6 Å². The summed E-state index contributed by atoms with van der Waals surface area (Å²) in [5.41, 5.74) is 2.55. The summed E-state index contributed by atoms with van der Waals surface area (Å²) < 4.78 is 10.9. The minimum absolute atomic E-state index is 0.0886. The van der Waals surface area contributed by atoms with Gasteiger partial charge in [-0.05, 0) is 61.7 Å². The monoisotopic (exact) mass is 601 g/mol. The predicted octanol–water partition coefficient (Wildman–Crippen LogP) is 4.81. The molecular formula is C31H31N5O6S. The maximum atomic E-state index is 13.6. The van der Waals surface area contributed by atoms with Crippen LogP contribution in [0, 0.1) is 6.92 Å². The average Bonchev–Trinajstić information content (AvgIpc) is 3.38. The van der Waals surface area contributed by atoms with Gasteiger partial charge in [0.1, 0.15) is 21.2 Å². The van der Waals surface area contributed by atoms with E-state index in [1.54, 1.807) is 22.1 Å². The molecule has 2 aromatic carbocycles. The van der Waals surface area contributed by atoms with Gasteiger partial charge in [-0.3, -0.25) is 14.5 Å². The van der Waals surface area contributed by atoms with E-state index < -0.39 is 18.0 Å². The van der Waals surface area contributed by atoms with Gasteiger partial charge < -0.3 is 30.1 Å². The molecule has 0 saturated carbocycles. The number of nitrogens with zero attached hydrogens (tertiary/aromatic N) is 3.